The Kier molecular flexibility index (Phi) is 5.02. The standard InChI is InChI=1S/C17H14N2O4S/c1-21-14-5-3-2-4-13(14)17-18-15(23-19-17)10-22-16(20)7-6-12-8-9-24-11-12/h2-9,11H,10H2,1H3/b7-6+. The molecule has 0 aliphatic rings. The number of hydrogen-bond donors (Lipinski definition) is 0. The molecule has 0 N–H and O–H groups in total. The summed E-state index contributed by atoms with van der Waals surface area (Å²) >= 11 is 1.56. The Morgan fingerprint density at radius 1 is 1.33 bits per heavy atom. The molecule has 0 spiro atoms. The molecule has 7 heteroatoms. The number of benzene rings is 1. The van der Waals surface area contributed by atoms with E-state index in [2.05, 4.69) is 10.1 Å². The Balaban J connectivity index is 1.61. The molecule has 0 atom stereocenters. The summed E-state index contributed by atoms with van der Waals surface area (Å²) in [5.74, 6) is 0.763. The van der Waals surface area contributed by atoms with Crippen molar-refractivity contribution in [2.24, 2.45) is 0 Å². The first-order valence-corrected chi connectivity index (χ1v) is 8.03. The molecule has 0 saturated carbocycles. The number of carbonyl (C=O) groups excluding carboxylic acids is 1. The second-order valence-corrected chi connectivity index (χ2v) is 5.49. The minimum absolute atomic E-state index is 0.0883. The molecule has 0 radical (unpaired) electrons. The highest BCUT2D eigenvalue weighted by molar-refractivity contribution is 7.08. The zero-order valence-electron chi connectivity index (χ0n) is 12.8. The lowest BCUT2D eigenvalue weighted by Crippen LogP contribution is -2.00. The predicted molar refractivity (Wildman–Crippen MR) is 89.4 cm³/mol. The van der Waals surface area contributed by atoms with Crippen LogP contribution in [-0.2, 0) is 16.1 Å². The van der Waals surface area contributed by atoms with Crippen LogP contribution >= 0.6 is 11.3 Å². The Bertz CT molecular complexity index is 840. The molecule has 0 saturated heterocycles. The first-order valence-electron chi connectivity index (χ1n) is 7.09. The molecule has 2 heterocycles. The fourth-order valence-electron chi connectivity index (χ4n) is 1.97. The van der Waals surface area contributed by atoms with E-state index in [-0.39, 0.29) is 12.5 Å². The largest absolute Gasteiger partial charge is 0.496 e. The number of rotatable bonds is 6. The smallest absolute Gasteiger partial charge is 0.331 e. The number of ether oxygens (including phenoxy) is 2. The van der Waals surface area contributed by atoms with Crippen molar-refractivity contribution < 1.29 is 18.8 Å². The van der Waals surface area contributed by atoms with Crippen LogP contribution in [-0.4, -0.2) is 23.2 Å². The Morgan fingerprint density at radius 3 is 3.00 bits per heavy atom. The molecular weight excluding hydrogens is 328 g/mol. The van der Waals surface area contributed by atoms with Crippen molar-refractivity contribution in [1.82, 2.24) is 10.1 Å². The van der Waals surface area contributed by atoms with Crippen LogP contribution in [0.1, 0.15) is 11.5 Å². The number of methoxy groups -OCH3 is 1. The number of nitrogens with zero attached hydrogens (tertiary/aromatic N) is 2. The second kappa shape index (κ2) is 7.56. The van der Waals surface area contributed by atoms with Gasteiger partial charge in [-0.25, -0.2) is 4.79 Å². The van der Waals surface area contributed by atoms with E-state index in [1.807, 2.05) is 35.0 Å². The van der Waals surface area contributed by atoms with Gasteiger partial charge in [0.15, 0.2) is 6.61 Å². The minimum atomic E-state index is -0.474. The summed E-state index contributed by atoms with van der Waals surface area (Å²) in [6.07, 6.45) is 3.05. The maximum atomic E-state index is 11.7. The number of aromatic nitrogens is 2. The molecule has 0 unspecified atom stereocenters. The first-order chi connectivity index (χ1) is 11.8. The van der Waals surface area contributed by atoms with Crippen molar-refractivity contribution >= 4 is 23.4 Å². The van der Waals surface area contributed by atoms with Crippen molar-refractivity contribution in [2.45, 2.75) is 6.61 Å². The summed E-state index contributed by atoms with van der Waals surface area (Å²) in [6, 6.07) is 9.24. The van der Waals surface area contributed by atoms with Gasteiger partial charge in [0.05, 0.1) is 12.7 Å². The average molecular weight is 342 g/mol. The van der Waals surface area contributed by atoms with E-state index in [1.165, 1.54) is 6.08 Å². The van der Waals surface area contributed by atoms with Gasteiger partial charge in [-0.15, -0.1) is 0 Å². The van der Waals surface area contributed by atoms with Crippen molar-refractivity contribution in [3.05, 3.63) is 58.6 Å². The van der Waals surface area contributed by atoms with Gasteiger partial charge in [-0.1, -0.05) is 17.3 Å². The molecular formula is C17H14N2O4S. The van der Waals surface area contributed by atoms with Crippen molar-refractivity contribution in [3.8, 4) is 17.1 Å². The fraction of sp³-hybridized carbons (Fsp3) is 0.118. The van der Waals surface area contributed by atoms with E-state index in [1.54, 1.807) is 30.6 Å². The van der Waals surface area contributed by atoms with Gasteiger partial charge in [-0.2, -0.15) is 16.3 Å². The molecule has 3 aromatic rings. The van der Waals surface area contributed by atoms with E-state index < -0.39 is 5.97 Å². The third-order valence-corrected chi connectivity index (χ3v) is 3.81. The SMILES string of the molecule is COc1ccccc1-c1noc(COC(=O)/C=C/c2ccsc2)n1. The van der Waals surface area contributed by atoms with Crippen LogP contribution in [0.3, 0.4) is 0 Å². The highest BCUT2D eigenvalue weighted by Crippen LogP contribution is 2.27. The molecule has 24 heavy (non-hydrogen) atoms. The summed E-state index contributed by atoms with van der Waals surface area (Å²) in [4.78, 5) is 15.9. The second-order valence-electron chi connectivity index (χ2n) is 4.71. The predicted octanol–water partition coefficient (Wildman–Crippen LogP) is 3.56. The highest BCUT2D eigenvalue weighted by Gasteiger charge is 2.13. The van der Waals surface area contributed by atoms with E-state index in [9.17, 15) is 4.79 Å². The van der Waals surface area contributed by atoms with E-state index >= 15 is 0 Å². The molecule has 2 aromatic heterocycles. The number of thiophene rings is 1. The lowest BCUT2D eigenvalue weighted by atomic mass is 10.2. The van der Waals surface area contributed by atoms with Gasteiger partial charge in [-0.05, 0) is 40.6 Å². The molecule has 6 nitrogen and oxygen atoms in total. The van der Waals surface area contributed by atoms with Crippen LogP contribution in [0, 0.1) is 0 Å². The van der Waals surface area contributed by atoms with Crippen LogP contribution < -0.4 is 4.74 Å². The Labute approximate surface area is 142 Å². The van der Waals surface area contributed by atoms with Gasteiger partial charge in [0, 0.05) is 6.08 Å². The van der Waals surface area contributed by atoms with Crippen LogP contribution in [0.4, 0.5) is 0 Å². The Hall–Kier alpha value is -2.93. The van der Waals surface area contributed by atoms with Gasteiger partial charge in [0.2, 0.25) is 5.82 Å². The van der Waals surface area contributed by atoms with Crippen molar-refractivity contribution in [1.29, 1.82) is 0 Å². The van der Waals surface area contributed by atoms with Gasteiger partial charge in [-0.3, -0.25) is 0 Å². The van der Waals surface area contributed by atoms with E-state index in [0.29, 0.717) is 17.1 Å². The lowest BCUT2D eigenvalue weighted by Gasteiger charge is -2.03. The van der Waals surface area contributed by atoms with Crippen molar-refractivity contribution in [2.75, 3.05) is 7.11 Å². The van der Waals surface area contributed by atoms with Gasteiger partial charge in [0.1, 0.15) is 5.75 Å². The highest BCUT2D eigenvalue weighted by atomic mass is 32.1. The maximum Gasteiger partial charge on any atom is 0.331 e. The number of esters is 1. The molecule has 122 valence electrons. The molecule has 0 amide bonds. The number of para-hydroxylation sites is 1. The molecule has 0 aliphatic heterocycles. The first kappa shape index (κ1) is 15.9. The number of carbonyl (C=O) groups is 1. The van der Waals surface area contributed by atoms with Gasteiger partial charge >= 0.3 is 5.97 Å². The minimum Gasteiger partial charge on any atom is -0.496 e. The third kappa shape index (κ3) is 3.88. The summed E-state index contributed by atoms with van der Waals surface area (Å²) in [5, 5.41) is 7.75. The van der Waals surface area contributed by atoms with Gasteiger partial charge in [0.25, 0.3) is 5.89 Å². The van der Waals surface area contributed by atoms with E-state index in [0.717, 1.165) is 5.56 Å². The monoisotopic (exact) mass is 342 g/mol. The van der Waals surface area contributed by atoms with Crippen LogP contribution in [0.25, 0.3) is 17.5 Å². The number of hydrogen-bond acceptors (Lipinski definition) is 7. The Morgan fingerprint density at radius 2 is 2.21 bits per heavy atom. The maximum absolute atomic E-state index is 11.7. The topological polar surface area (TPSA) is 74.5 Å². The normalized spacial score (nSPS) is 10.9. The lowest BCUT2D eigenvalue weighted by molar-refractivity contribution is -0.139. The van der Waals surface area contributed by atoms with Crippen LogP contribution in [0.15, 0.2) is 51.7 Å². The average Bonchev–Trinajstić information content (AvgIpc) is 3.29. The van der Waals surface area contributed by atoms with Crippen LogP contribution in [0.2, 0.25) is 0 Å². The van der Waals surface area contributed by atoms with Gasteiger partial charge < -0.3 is 14.0 Å². The molecule has 3 rings (SSSR count). The fourth-order valence-corrected chi connectivity index (χ4v) is 2.60. The zero-order valence-corrected chi connectivity index (χ0v) is 13.7. The summed E-state index contributed by atoms with van der Waals surface area (Å²) in [5.41, 5.74) is 1.66. The summed E-state index contributed by atoms with van der Waals surface area (Å²) < 4.78 is 15.4. The van der Waals surface area contributed by atoms with Crippen molar-refractivity contribution in [3.63, 3.8) is 0 Å². The third-order valence-electron chi connectivity index (χ3n) is 3.11. The molecule has 1 aromatic carbocycles. The zero-order chi connectivity index (χ0) is 16.8. The molecule has 0 bridgehead atoms. The molecule has 0 aliphatic carbocycles. The van der Waals surface area contributed by atoms with E-state index in [4.69, 9.17) is 14.0 Å². The summed E-state index contributed by atoms with van der Waals surface area (Å²) in [6.45, 7) is -0.0883. The molecule has 0 fully saturated rings. The quantitative estimate of drug-likeness (QED) is 0.504. The summed E-state index contributed by atoms with van der Waals surface area (Å²) in [7, 11) is 1.57. The van der Waals surface area contributed by atoms with Crippen LogP contribution in [0.5, 0.6) is 5.75 Å².